The van der Waals surface area contributed by atoms with Crippen LogP contribution in [0.4, 0.5) is 0 Å². The molecule has 0 N–H and O–H groups in total. The Morgan fingerprint density at radius 1 is 1.38 bits per heavy atom. The molecule has 0 spiro atoms. The summed E-state index contributed by atoms with van der Waals surface area (Å²) >= 11 is 0. The van der Waals surface area contributed by atoms with Gasteiger partial charge in [-0.2, -0.15) is 0 Å². The van der Waals surface area contributed by atoms with Crippen LogP contribution in [0, 0.1) is 13.0 Å². The van der Waals surface area contributed by atoms with Crippen molar-refractivity contribution < 1.29 is 0 Å². The molecule has 47 valence electrons. The summed E-state index contributed by atoms with van der Waals surface area (Å²) in [5, 5.41) is 0. The maximum Gasteiger partial charge on any atom is 0.0109 e. The lowest BCUT2D eigenvalue weighted by atomic mass is 10.00. The molecule has 1 rings (SSSR count). The second kappa shape index (κ2) is 2.49. The Balaban J connectivity index is 2.19. The highest BCUT2D eigenvalue weighted by Gasteiger charge is 2.10. The van der Waals surface area contributed by atoms with E-state index in [-0.39, 0.29) is 0 Å². The van der Waals surface area contributed by atoms with Crippen molar-refractivity contribution in [3.05, 3.63) is 7.05 Å². The fraction of sp³-hybridized carbons (Fsp3) is 0.857. The van der Waals surface area contributed by atoms with Crippen LogP contribution in [0.2, 0.25) is 0 Å². The van der Waals surface area contributed by atoms with Gasteiger partial charge in [0.15, 0.2) is 0 Å². The molecule has 0 aliphatic carbocycles. The molecule has 0 unspecified atom stereocenters. The Bertz CT molecular complexity index is 52.8. The van der Waals surface area contributed by atoms with E-state index >= 15 is 0 Å². The predicted octanol–water partition coefficient (Wildman–Crippen LogP) is 1.51. The summed E-state index contributed by atoms with van der Waals surface area (Å²) in [6, 6.07) is 0. The second-order valence-corrected chi connectivity index (χ2v) is 2.80. The minimum atomic E-state index is 0.938. The zero-order chi connectivity index (χ0) is 5.98. The molecule has 0 amide bonds. The Hall–Kier alpha value is -0.0400. The predicted molar refractivity (Wildman–Crippen MR) is 35.3 cm³/mol. The Kier molecular flexibility index (Phi) is 1.90. The molecule has 1 fully saturated rings. The summed E-state index contributed by atoms with van der Waals surface area (Å²) in [6.07, 6.45) is 2.67. The van der Waals surface area contributed by atoms with Gasteiger partial charge in [0.1, 0.15) is 0 Å². The van der Waals surface area contributed by atoms with Crippen molar-refractivity contribution in [2.24, 2.45) is 5.92 Å². The lowest BCUT2D eigenvalue weighted by molar-refractivity contribution is 0.252. The van der Waals surface area contributed by atoms with Crippen LogP contribution in [0.25, 0.3) is 0 Å². The summed E-state index contributed by atoms with van der Waals surface area (Å²) in [6.45, 7) is 4.70. The van der Waals surface area contributed by atoms with E-state index in [0.29, 0.717) is 0 Å². The standard InChI is InChI=1S/C7H14N/c1-7-3-5-8(2)6-4-7/h7H,2-6H2,1H3. The highest BCUT2D eigenvalue weighted by Crippen LogP contribution is 2.14. The minimum Gasteiger partial charge on any atom is -0.302 e. The first-order valence-electron chi connectivity index (χ1n) is 3.34. The average molecular weight is 112 g/mol. The quantitative estimate of drug-likeness (QED) is 0.459. The fourth-order valence-corrected chi connectivity index (χ4v) is 1.06. The number of nitrogens with zero attached hydrogens (tertiary/aromatic N) is 1. The van der Waals surface area contributed by atoms with E-state index in [0.717, 1.165) is 5.92 Å². The van der Waals surface area contributed by atoms with Crippen molar-refractivity contribution in [3.63, 3.8) is 0 Å². The van der Waals surface area contributed by atoms with Crippen molar-refractivity contribution in [1.29, 1.82) is 0 Å². The van der Waals surface area contributed by atoms with E-state index < -0.39 is 0 Å². The van der Waals surface area contributed by atoms with Crippen LogP contribution >= 0.6 is 0 Å². The van der Waals surface area contributed by atoms with Gasteiger partial charge >= 0.3 is 0 Å². The van der Waals surface area contributed by atoms with Gasteiger partial charge in [0.05, 0.1) is 0 Å². The van der Waals surface area contributed by atoms with Gasteiger partial charge in [-0.1, -0.05) is 6.92 Å². The third kappa shape index (κ3) is 1.48. The van der Waals surface area contributed by atoms with Crippen LogP contribution in [0.15, 0.2) is 0 Å². The molecular formula is C7H14N. The van der Waals surface area contributed by atoms with Gasteiger partial charge < -0.3 is 4.90 Å². The molecule has 0 aromatic heterocycles. The van der Waals surface area contributed by atoms with E-state index in [9.17, 15) is 0 Å². The van der Waals surface area contributed by atoms with Crippen LogP contribution in [0.3, 0.4) is 0 Å². The average Bonchev–Trinajstić information content (AvgIpc) is 1.77. The molecule has 1 aliphatic heterocycles. The molecule has 0 bridgehead atoms. The molecule has 1 radical (unpaired) electrons. The molecule has 0 aromatic rings. The van der Waals surface area contributed by atoms with Crippen LogP contribution in [-0.4, -0.2) is 18.0 Å². The van der Waals surface area contributed by atoms with Gasteiger partial charge in [0.2, 0.25) is 0 Å². The zero-order valence-electron chi connectivity index (χ0n) is 5.56. The first-order chi connectivity index (χ1) is 3.79. The van der Waals surface area contributed by atoms with Gasteiger partial charge in [0.25, 0.3) is 0 Å². The van der Waals surface area contributed by atoms with Crippen LogP contribution < -0.4 is 0 Å². The molecule has 1 heteroatoms. The maximum absolute atomic E-state index is 3.87. The van der Waals surface area contributed by atoms with Crippen molar-refractivity contribution in [2.45, 2.75) is 19.8 Å². The topological polar surface area (TPSA) is 3.24 Å². The van der Waals surface area contributed by atoms with Crippen molar-refractivity contribution in [1.82, 2.24) is 4.90 Å². The van der Waals surface area contributed by atoms with Gasteiger partial charge in [-0.05, 0) is 31.8 Å². The molecule has 1 aliphatic rings. The van der Waals surface area contributed by atoms with Crippen molar-refractivity contribution in [3.8, 4) is 0 Å². The smallest absolute Gasteiger partial charge is 0.0109 e. The fourth-order valence-electron chi connectivity index (χ4n) is 1.06. The largest absolute Gasteiger partial charge is 0.302 e. The summed E-state index contributed by atoms with van der Waals surface area (Å²) in [5.41, 5.74) is 0. The number of rotatable bonds is 0. The Morgan fingerprint density at radius 2 is 1.88 bits per heavy atom. The highest BCUT2D eigenvalue weighted by molar-refractivity contribution is 4.67. The molecule has 0 aromatic carbocycles. The monoisotopic (exact) mass is 112 g/mol. The van der Waals surface area contributed by atoms with Gasteiger partial charge in [-0.3, -0.25) is 0 Å². The molecule has 1 nitrogen and oxygen atoms in total. The molecule has 0 atom stereocenters. The number of likely N-dealkylation sites (tertiary alicyclic amines) is 1. The van der Waals surface area contributed by atoms with Gasteiger partial charge in [-0.25, -0.2) is 0 Å². The highest BCUT2D eigenvalue weighted by atomic mass is 15.1. The molecule has 1 saturated heterocycles. The lowest BCUT2D eigenvalue weighted by Crippen LogP contribution is -2.27. The second-order valence-electron chi connectivity index (χ2n) is 2.80. The summed E-state index contributed by atoms with van der Waals surface area (Å²) < 4.78 is 0. The Labute approximate surface area is 51.7 Å². The lowest BCUT2D eigenvalue weighted by Gasteiger charge is -2.25. The van der Waals surface area contributed by atoms with E-state index in [1.54, 1.807) is 0 Å². The van der Waals surface area contributed by atoms with Crippen LogP contribution in [0.1, 0.15) is 19.8 Å². The van der Waals surface area contributed by atoms with E-state index in [4.69, 9.17) is 0 Å². The minimum absolute atomic E-state index is 0.938. The molecule has 0 saturated carbocycles. The third-order valence-corrected chi connectivity index (χ3v) is 1.88. The SMILES string of the molecule is [CH2]N1CCC(C)CC1. The zero-order valence-corrected chi connectivity index (χ0v) is 5.56. The van der Waals surface area contributed by atoms with E-state index in [2.05, 4.69) is 18.9 Å². The molecular weight excluding hydrogens is 98.1 g/mol. The Morgan fingerprint density at radius 3 is 2.25 bits per heavy atom. The molecule has 8 heavy (non-hydrogen) atoms. The maximum atomic E-state index is 3.87. The van der Waals surface area contributed by atoms with Crippen LogP contribution in [-0.2, 0) is 0 Å². The first-order valence-corrected chi connectivity index (χ1v) is 3.34. The summed E-state index contributed by atoms with van der Waals surface area (Å²) in [4.78, 5) is 2.15. The number of hydrogen-bond donors (Lipinski definition) is 0. The van der Waals surface area contributed by atoms with Gasteiger partial charge in [0, 0.05) is 7.05 Å². The first kappa shape index (κ1) is 6.09. The summed E-state index contributed by atoms with van der Waals surface area (Å²) in [5.74, 6) is 0.938. The summed E-state index contributed by atoms with van der Waals surface area (Å²) in [7, 11) is 3.87. The van der Waals surface area contributed by atoms with Gasteiger partial charge in [-0.15, -0.1) is 0 Å². The van der Waals surface area contributed by atoms with Crippen molar-refractivity contribution >= 4 is 0 Å². The van der Waals surface area contributed by atoms with E-state index in [1.165, 1.54) is 25.9 Å². The molecule has 1 heterocycles. The van der Waals surface area contributed by atoms with Crippen molar-refractivity contribution in [2.75, 3.05) is 13.1 Å². The van der Waals surface area contributed by atoms with E-state index in [1.807, 2.05) is 0 Å². The number of hydrogen-bond acceptors (Lipinski definition) is 1. The van der Waals surface area contributed by atoms with Crippen LogP contribution in [0.5, 0.6) is 0 Å². The normalized spacial score (nSPS) is 26.2. The third-order valence-electron chi connectivity index (χ3n) is 1.88. The number of piperidine rings is 1.